The third kappa shape index (κ3) is 4.22. The Morgan fingerprint density at radius 2 is 1.95 bits per heavy atom. The van der Waals surface area contributed by atoms with Gasteiger partial charge in [0.15, 0.2) is 5.78 Å². The third-order valence-corrected chi connectivity index (χ3v) is 3.10. The molecule has 20 heavy (non-hydrogen) atoms. The van der Waals surface area contributed by atoms with E-state index < -0.39 is 29.7 Å². The normalized spacial score (nSPS) is 12.4. The summed E-state index contributed by atoms with van der Waals surface area (Å²) in [6.07, 6.45) is 4.09. The summed E-state index contributed by atoms with van der Waals surface area (Å²) >= 11 is 0. The van der Waals surface area contributed by atoms with Crippen LogP contribution in [-0.4, -0.2) is 23.0 Å². The Kier molecular flexibility index (Phi) is 5.48. The van der Waals surface area contributed by atoms with Crippen molar-refractivity contribution in [2.75, 3.05) is 0 Å². The molecule has 0 aliphatic heterocycles. The zero-order chi connectivity index (χ0) is 15.2. The average molecular weight is 274 g/mol. The fourth-order valence-electron chi connectivity index (χ4n) is 1.73. The molecule has 0 heterocycles. The lowest BCUT2D eigenvalue weighted by atomic mass is 9.81. The smallest absolute Gasteiger partial charge is 0.310 e. The molecule has 0 radical (unpaired) electrons. The van der Waals surface area contributed by atoms with Crippen LogP contribution in [0.1, 0.15) is 25.8 Å². The SMILES string of the molecule is C#CC(OCc1ccccc1)C(C)(C)C(=O)CC(=O)O. The van der Waals surface area contributed by atoms with E-state index in [4.69, 9.17) is 16.3 Å². The summed E-state index contributed by atoms with van der Waals surface area (Å²) in [5.74, 6) is 0.822. The molecule has 1 rings (SSSR count). The molecule has 0 spiro atoms. The number of benzene rings is 1. The van der Waals surface area contributed by atoms with E-state index in [0.29, 0.717) is 0 Å². The van der Waals surface area contributed by atoms with Crippen molar-refractivity contribution in [3.8, 4) is 12.3 Å². The van der Waals surface area contributed by atoms with Gasteiger partial charge in [-0.2, -0.15) is 0 Å². The summed E-state index contributed by atoms with van der Waals surface area (Å²) in [6, 6.07) is 9.43. The van der Waals surface area contributed by atoms with Crippen LogP contribution in [0.25, 0.3) is 0 Å². The summed E-state index contributed by atoms with van der Waals surface area (Å²) in [6.45, 7) is 3.49. The van der Waals surface area contributed by atoms with E-state index >= 15 is 0 Å². The highest BCUT2D eigenvalue weighted by Crippen LogP contribution is 2.26. The average Bonchev–Trinajstić information content (AvgIpc) is 2.39. The van der Waals surface area contributed by atoms with Crippen LogP contribution in [0.3, 0.4) is 0 Å². The molecule has 0 saturated heterocycles. The maximum atomic E-state index is 11.9. The lowest BCUT2D eigenvalue weighted by molar-refractivity contribution is -0.145. The maximum absolute atomic E-state index is 11.9. The van der Waals surface area contributed by atoms with E-state index in [1.807, 2.05) is 30.3 Å². The molecule has 0 aliphatic carbocycles. The van der Waals surface area contributed by atoms with Crippen molar-refractivity contribution in [1.29, 1.82) is 0 Å². The number of ketones is 1. The van der Waals surface area contributed by atoms with E-state index in [9.17, 15) is 9.59 Å². The van der Waals surface area contributed by atoms with Crippen molar-refractivity contribution in [2.24, 2.45) is 5.41 Å². The van der Waals surface area contributed by atoms with Gasteiger partial charge < -0.3 is 9.84 Å². The topological polar surface area (TPSA) is 63.6 Å². The van der Waals surface area contributed by atoms with Crippen molar-refractivity contribution in [3.63, 3.8) is 0 Å². The lowest BCUT2D eigenvalue weighted by Gasteiger charge is -2.28. The number of carbonyl (C=O) groups is 2. The molecular weight excluding hydrogens is 256 g/mol. The fraction of sp³-hybridized carbons (Fsp3) is 0.375. The molecule has 0 aromatic heterocycles. The van der Waals surface area contributed by atoms with Crippen LogP contribution >= 0.6 is 0 Å². The number of aliphatic carboxylic acids is 1. The van der Waals surface area contributed by atoms with Gasteiger partial charge in [-0.15, -0.1) is 6.42 Å². The number of hydrogen-bond acceptors (Lipinski definition) is 3. The van der Waals surface area contributed by atoms with E-state index in [1.54, 1.807) is 13.8 Å². The first-order valence-electron chi connectivity index (χ1n) is 6.24. The van der Waals surface area contributed by atoms with Crippen molar-refractivity contribution >= 4 is 11.8 Å². The summed E-state index contributed by atoms with van der Waals surface area (Å²) in [7, 11) is 0. The number of carboxylic acid groups (broad SMARTS) is 1. The van der Waals surface area contributed by atoms with Gasteiger partial charge in [0.1, 0.15) is 12.5 Å². The van der Waals surface area contributed by atoms with E-state index in [-0.39, 0.29) is 6.61 Å². The highest BCUT2D eigenvalue weighted by molar-refractivity contribution is 5.98. The number of terminal acetylenes is 1. The molecule has 106 valence electrons. The summed E-state index contributed by atoms with van der Waals surface area (Å²) < 4.78 is 5.59. The van der Waals surface area contributed by atoms with Gasteiger partial charge in [-0.1, -0.05) is 36.3 Å². The van der Waals surface area contributed by atoms with E-state index in [2.05, 4.69) is 5.92 Å². The molecule has 4 heteroatoms. The molecule has 0 amide bonds. The monoisotopic (exact) mass is 274 g/mol. The van der Waals surface area contributed by atoms with Gasteiger partial charge in [0, 0.05) is 0 Å². The van der Waals surface area contributed by atoms with Crippen LogP contribution in [0.5, 0.6) is 0 Å². The molecule has 1 aromatic rings. The van der Waals surface area contributed by atoms with Crippen molar-refractivity contribution < 1.29 is 19.4 Å². The van der Waals surface area contributed by atoms with Crippen LogP contribution in [0.2, 0.25) is 0 Å². The summed E-state index contributed by atoms with van der Waals surface area (Å²) in [5.41, 5.74) is -0.101. The molecule has 0 aliphatic rings. The van der Waals surface area contributed by atoms with Gasteiger partial charge in [0.05, 0.1) is 12.0 Å². The Bertz CT molecular complexity index is 511. The minimum absolute atomic E-state index is 0.277. The Hall–Kier alpha value is -2.12. The minimum atomic E-state index is -1.16. The molecule has 1 aromatic carbocycles. The van der Waals surface area contributed by atoms with Crippen LogP contribution < -0.4 is 0 Å². The third-order valence-electron chi connectivity index (χ3n) is 3.10. The number of Topliss-reactive ketones (excluding diaryl/α,β-unsaturated/α-hetero) is 1. The second-order valence-electron chi connectivity index (χ2n) is 5.06. The Morgan fingerprint density at radius 1 is 1.35 bits per heavy atom. The van der Waals surface area contributed by atoms with Gasteiger partial charge in [0.25, 0.3) is 0 Å². The number of carboxylic acids is 1. The fourth-order valence-corrected chi connectivity index (χ4v) is 1.73. The van der Waals surface area contributed by atoms with Crippen LogP contribution in [-0.2, 0) is 20.9 Å². The zero-order valence-corrected chi connectivity index (χ0v) is 11.6. The van der Waals surface area contributed by atoms with Gasteiger partial charge in [-0.05, 0) is 19.4 Å². The first-order chi connectivity index (χ1) is 9.37. The number of hydrogen-bond donors (Lipinski definition) is 1. The molecule has 0 saturated carbocycles. The predicted octanol–water partition coefficient (Wildman–Crippen LogP) is 2.27. The predicted molar refractivity (Wildman–Crippen MR) is 74.9 cm³/mol. The largest absolute Gasteiger partial charge is 0.481 e. The number of ether oxygens (including phenoxy) is 1. The van der Waals surface area contributed by atoms with Gasteiger partial charge in [-0.25, -0.2) is 0 Å². The standard InChI is InChI=1S/C16H18O4/c1-4-14(16(2,3)13(17)10-15(18)19)20-11-12-8-6-5-7-9-12/h1,5-9,14H,10-11H2,2-3H3,(H,18,19). The molecule has 1 atom stereocenters. The van der Waals surface area contributed by atoms with E-state index in [0.717, 1.165) is 5.56 Å². The van der Waals surface area contributed by atoms with Crippen molar-refractivity contribution in [3.05, 3.63) is 35.9 Å². The Morgan fingerprint density at radius 3 is 2.45 bits per heavy atom. The second-order valence-corrected chi connectivity index (χ2v) is 5.06. The van der Waals surface area contributed by atoms with Crippen LogP contribution in [0.15, 0.2) is 30.3 Å². The molecule has 0 bridgehead atoms. The second kappa shape index (κ2) is 6.88. The van der Waals surface area contributed by atoms with Gasteiger partial charge in [-0.3, -0.25) is 9.59 Å². The van der Waals surface area contributed by atoms with Crippen LogP contribution in [0.4, 0.5) is 0 Å². The van der Waals surface area contributed by atoms with Crippen molar-refractivity contribution in [2.45, 2.75) is 33.0 Å². The minimum Gasteiger partial charge on any atom is -0.481 e. The Balaban J connectivity index is 2.72. The Labute approximate surface area is 118 Å². The molecule has 4 nitrogen and oxygen atoms in total. The van der Waals surface area contributed by atoms with Gasteiger partial charge in [0.2, 0.25) is 0 Å². The first-order valence-corrected chi connectivity index (χ1v) is 6.24. The lowest BCUT2D eigenvalue weighted by Crippen LogP contribution is -2.39. The molecule has 0 fully saturated rings. The number of rotatable bonds is 7. The molecule has 1 N–H and O–H groups in total. The van der Waals surface area contributed by atoms with Gasteiger partial charge >= 0.3 is 5.97 Å². The summed E-state index contributed by atoms with van der Waals surface area (Å²) in [5, 5.41) is 8.70. The first kappa shape index (κ1) is 15.9. The number of carbonyl (C=O) groups excluding carboxylic acids is 1. The molecule has 1 unspecified atom stereocenters. The van der Waals surface area contributed by atoms with Crippen LogP contribution in [0, 0.1) is 17.8 Å². The van der Waals surface area contributed by atoms with Crippen molar-refractivity contribution in [1.82, 2.24) is 0 Å². The summed E-state index contributed by atoms with van der Waals surface area (Å²) in [4.78, 5) is 22.6. The molecular formula is C16H18O4. The quantitative estimate of drug-likeness (QED) is 0.612. The highest BCUT2D eigenvalue weighted by atomic mass is 16.5. The maximum Gasteiger partial charge on any atom is 0.310 e. The zero-order valence-electron chi connectivity index (χ0n) is 11.6. The highest BCUT2D eigenvalue weighted by Gasteiger charge is 2.37. The van der Waals surface area contributed by atoms with E-state index in [1.165, 1.54) is 0 Å².